The zero-order valence-corrected chi connectivity index (χ0v) is 19.9. The largest absolute Gasteiger partial charge is 0.457 e. The molecule has 0 aliphatic rings. The minimum absolute atomic E-state index is 0.207. The van der Waals surface area contributed by atoms with Gasteiger partial charge in [-0.15, -0.1) is 10.2 Å². The number of carbonyl (C=O) groups is 1. The fourth-order valence-electron chi connectivity index (χ4n) is 2.65. The molecule has 6 nitrogen and oxygen atoms in total. The van der Waals surface area contributed by atoms with Crippen LogP contribution in [0.25, 0.3) is 0 Å². The lowest BCUT2D eigenvalue weighted by Gasteiger charge is -2.05. The second-order valence-electron chi connectivity index (χ2n) is 6.68. The van der Waals surface area contributed by atoms with Crippen molar-refractivity contribution >= 4 is 47.0 Å². The number of nitrogens with one attached hydrogen (secondary N) is 1. The van der Waals surface area contributed by atoms with E-state index in [-0.39, 0.29) is 11.7 Å². The van der Waals surface area contributed by atoms with Crippen LogP contribution in [0.15, 0.2) is 98.7 Å². The fraction of sp³-hybridized carbons (Fsp3) is 0.0833. The SMILES string of the molecule is O=C(CSc1nnc(SCc2ccccc2)s1)N/N=C/c1cccc(Oc2ccccc2)c1. The second-order valence-corrected chi connectivity index (χ2v) is 10.1. The fourth-order valence-corrected chi connectivity index (χ4v) is 5.42. The Labute approximate surface area is 204 Å². The van der Waals surface area contributed by atoms with E-state index in [4.69, 9.17) is 4.74 Å². The Kier molecular flexibility index (Phi) is 8.51. The highest BCUT2D eigenvalue weighted by Gasteiger charge is 2.08. The van der Waals surface area contributed by atoms with Crippen LogP contribution in [0.4, 0.5) is 0 Å². The topological polar surface area (TPSA) is 76.5 Å². The maximum atomic E-state index is 12.1. The standard InChI is InChI=1S/C24H20N4O2S3/c29-22(17-32-24-28-27-23(33-24)31-16-18-8-3-1-4-9-18)26-25-15-19-10-7-13-21(14-19)30-20-11-5-2-6-12-20/h1-15H,16-17H2,(H,26,29)/b25-15+. The molecule has 0 radical (unpaired) electrons. The number of hydrogen-bond acceptors (Lipinski definition) is 8. The van der Waals surface area contributed by atoms with Crippen molar-refractivity contribution in [1.82, 2.24) is 15.6 Å². The van der Waals surface area contributed by atoms with Crippen LogP contribution in [-0.4, -0.2) is 28.1 Å². The lowest BCUT2D eigenvalue weighted by Crippen LogP contribution is -2.19. The Morgan fingerprint density at radius 1 is 0.909 bits per heavy atom. The summed E-state index contributed by atoms with van der Waals surface area (Å²) in [6.45, 7) is 0. The van der Waals surface area contributed by atoms with Crippen molar-refractivity contribution in [2.45, 2.75) is 14.4 Å². The molecule has 3 aromatic carbocycles. The van der Waals surface area contributed by atoms with Crippen LogP contribution in [0.5, 0.6) is 11.5 Å². The number of rotatable bonds is 10. The van der Waals surface area contributed by atoms with E-state index in [2.05, 4.69) is 32.9 Å². The van der Waals surface area contributed by atoms with Crippen LogP contribution >= 0.6 is 34.9 Å². The molecule has 0 spiro atoms. The van der Waals surface area contributed by atoms with Crippen LogP contribution in [0.1, 0.15) is 11.1 Å². The summed E-state index contributed by atoms with van der Waals surface area (Å²) in [6.07, 6.45) is 1.59. The van der Waals surface area contributed by atoms with Gasteiger partial charge in [0, 0.05) is 5.75 Å². The molecule has 33 heavy (non-hydrogen) atoms. The van der Waals surface area contributed by atoms with E-state index < -0.39 is 0 Å². The van der Waals surface area contributed by atoms with Gasteiger partial charge < -0.3 is 4.74 Å². The number of ether oxygens (including phenoxy) is 1. The van der Waals surface area contributed by atoms with Crippen LogP contribution in [0.2, 0.25) is 0 Å². The maximum absolute atomic E-state index is 12.1. The summed E-state index contributed by atoms with van der Waals surface area (Å²) < 4.78 is 7.46. The molecule has 1 N–H and O–H groups in total. The van der Waals surface area contributed by atoms with E-state index in [9.17, 15) is 4.79 Å². The Morgan fingerprint density at radius 3 is 2.39 bits per heavy atom. The molecule has 0 saturated carbocycles. The highest BCUT2D eigenvalue weighted by atomic mass is 32.2. The number of thioether (sulfide) groups is 2. The van der Waals surface area contributed by atoms with E-state index in [1.807, 2.05) is 72.8 Å². The van der Waals surface area contributed by atoms with Crippen molar-refractivity contribution in [3.63, 3.8) is 0 Å². The first-order chi connectivity index (χ1) is 16.2. The van der Waals surface area contributed by atoms with Gasteiger partial charge in [-0.05, 0) is 35.4 Å². The molecule has 0 atom stereocenters. The van der Waals surface area contributed by atoms with Crippen LogP contribution in [-0.2, 0) is 10.5 Å². The number of aromatic nitrogens is 2. The van der Waals surface area contributed by atoms with Gasteiger partial charge in [-0.25, -0.2) is 5.43 Å². The van der Waals surface area contributed by atoms with Gasteiger partial charge in [-0.3, -0.25) is 4.79 Å². The molecular formula is C24H20N4O2S3. The first-order valence-corrected chi connectivity index (χ1v) is 12.8. The molecule has 4 aromatic rings. The summed E-state index contributed by atoms with van der Waals surface area (Å²) in [7, 11) is 0. The van der Waals surface area contributed by atoms with Crippen LogP contribution in [0.3, 0.4) is 0 Å². The summed E-state index contributed by atoms with van der Waals surface area (Å²) in [4.78, 5) is 12.1. The number of para-hydroxylation sites is 1. The molecule has 1 amide bonds. The Bertz CT molecular complexity index is 1200. The van der Waals surface area contributed by atoms with Gasteiger partial charge in [0.1, 0.15) is 11.5 Å². The van der Waals surface area contributed by atoms with Gasteiger partial charge in [0.05, 0.1) is 12.0 Å². The van der Waals surface area contributed by atoms with Crippen LogP contribution < -0.4 is 10.2 Å². The minimum atomic E-state index is -0.207. The lowest BCUT2D eigenvalue weighted by atomic mass is 10.2. The van der Waals surface area contributed by atoms with E-state index in [0.29, 0.717) is 5.75 Å². The molecule has 1 heterocycles. The number of hydrogen-bond donors (Lipinski definition) is 1. The van der Waals surface area contributed by atoms with Gasteiger partial charge in [-0.2, -0.15) is 5.10 Å². The molecule has 166 valence electrons. The first-order valence-electron chi connectivity index (χ1n) is 10.0. The quantitative estimate of drug-likeness (QED) is 0.170. The van der Waals surface area contributed by atoms with E-state index in [1.165, 1.54) is 28.7 Å². The zero-order chi connectivity index (χ0) is 22.7. The number of nitrogens with zero attached hydrogens (tertiary/aromatic N) is 3. The molecule has 0 aliphatic heterocycles. The van der Waals surface area contributed by atoms with E-state index in [0.717, 1.165) is 25.7 Å². The third kappa shape index (κ3) is 7.74. The van der Waals surface area contributed by atoms with Gasteiger partial charge >= 0.3 is 0 Å². The van der Waals surface area contributed by atoms with Gasteiger partial charge in [0.15, 0.2) is 8.68 Å². The normalized spacial score (nSPS) is 10.9. The molecule has 0 unspecified atom stereocenters. The van der Waals surface area contributed by atoms with Crippen molar-refractivity contribution in [1.29, 1.82) is 0 Å². The predicted octanol–water partition coefficient (Wildman–Crippen LogP) is 5.87. The monoisotopic (exact) mass is 492 g/mol. The lowest BCUT2D eigenvalue weighted by molar-refractivity contribution is -0.118. The zero-order valence-electron chi connectivity index (χ0n) is 17.5. The highest BCUT2D eigenvalue weighted by Crippen LogP contribution is 2.30. The van der Waals surface area contributed by atoms with Crippen molar-refractivity contribution in [3.8, 4) is 11.5 Å². The van der Waals surface area contributed by atoms with Gasteiger partial charge in [0.25, 0.3) is 5.91 Å². The number of amides is 1. The molecule has 1 aromatic heterocycles. The molecule has 9 heteroatoms. The summed E-state index contributed by atoms with van der Waals surface area (Å²) in [5, 5.41) is 12.4. The Morgan fingerprint density at radius 2 is 1.61 bits per heavy atom. The van der Waals surface area contributed by atoms with Crippen LogP contribution in [0, 0.1) is 0 Å². The Hall–Kier alpha value is -3.14. The molecule has 0 saturated heterocycles. The maximum Gasteiger partial charge on any atom is 0.250 e. The molecule has 4 rings (SSSR count). The third-order valence-corrected chi connectivity index (χ3v) is 7.42. The predicted molar refractivity (Wildman–Crippen MR) is 135 cm³/mol. The summed E-state index contributed by atoms with van der Waals surface area (Å²) in [5.74, 6) is 2.31. The summed E-state index contributed by atoms with van der Waals surface area (Å²) in [6, 6.07) is 27.2. The second kappa shape index (κ2) is 12.2. The minimum Gasteiger partial charge on any atom is -0.457 e. The smallest absolute Gasteiger partial charge is 0.250 e. The number of carbonyl (C=O) groups excluding carboxylic acids is 1. The summed E-state index contributed by atoms with van der Waals surface area (Å²) in [5.41, 5.74) is 4.60. The van der Waals surface area contributed by atoms with Gasteiger partial charge in [-0.1, -0.05) is 95.5 Å². The average molecular weight is 493 g/mol. The third-order valence-electron chi connectivity index (χ3n) is 4.16. The van der Waals surface area contributed by atoms with Crippen molar-refractivity contribution < 1.29 is 9.53 Å². The molecule has 0 fully saturated rings. The average Bonchev–Trinajstić information content (AvgIpc) is 3.31. The molecular weight excluding hydrogens is 472 g/mol. The van der Waals surface area contributed by atoms with Crippen molar-refractivity contribution in [3.05, 3.63) is 96.1 Å². The van der Waals surface area contributed by atoms with E-state index in [1.54, 1.807) is 18.0 Å². The number of benzene rings is 3. The van der Waals surface area contributed by atoms with Crippen molar-refractivity contribution in [2.75, 3.05) is 5.75 Å². The number of hydrazone groups is 1. The Balaban J connectivity index is 1.20. The molecule has 0 aliphatic carbocycles. The summed E-state index contributed by atoms with van der Waals surface area (Å²) >= 11 is 4.47. The van der Waals surface area contributed by atoms with E-state index >= 15 is 0 Å². The molecule has 0 bridgehead atoms. The van der Waals surface area contributed by atoms with Crippen molar-refractivity contribution in [2.24, 2.45) is 5.10 Å². The van der Waals surface area contributed by atoms with Gasteiger partial charge in [0.2, 0.25) is 0 Å². The first kappa shape index (κ1) is 23.0. The highest BCUT2D eigenvalue weighted by molar-refractivity contribution is 8.03.